The van der Waals surface area contributed by atoms with Crippen LogP contribution in [0.1, 0.15) is 26.3 Å². The number of hydrogen-bond donors (Lipinski definition) is 2. The van der Waals surface area contributed by atoms with Crippen LogP contribution in [0.4, 0.5) is 4.39 Å². The molecule has 94 valence electrons. The van der Waals surface area contributed by atoms with Crippen LogP contribution in [-0.2, 0) is 10.3 Å². The van der Waals surface area contributed by atoms with Gasteiger partial charge in [-0.25, -0.2) is 9.18 Å². The van der Waals surface area contributed by atoms with E-state index in [1.54, 1.807) is 0 Å². The molecule has 0 radical (unpaired) electrons. The molecule has 0 heterocycles. The zero-order chi connectivity index (χ0) is 13.2. The summed E-state index contributed by atoms with van der Waals surface area (Å²) < 4.78 is 14.4. The van der Waals surface area contributed by atoms with E-state index in [1.165, 1.54) is 25.1 Å². The number of carboxylic acid groups (broad SMARTS) is 1. The Kier molecular flexibility index (Phi) is 4.27. The standard InChI is InChI=1S/C12H15BrFNO2/c1-7(2)15-12(3,11(16)17)9-6-8(13)4-5-10(9)14/h4-7,15H,1-3H3,(H,16,17). The van der Waals surface area contributed by atoms with Crippen LogP contribution in [0.2, 0.25) is 0 Å². The molecule has 1 aromatic rings. The third-order valence-electron chi connectivity index (χ3n) is 2.47. The van der Waals surface area contributed by atoms with E-state index in [4.69, 9.17) is 0 Å². The Bertz CT molecular complexity index is 437. The molecule has 5 heteroatoms. The summed E-state index contributed by atoms with van der Waals surface area (Å²) in [5.74, 6) is -1.64. The average molecular weight is 304 g/mol. The van der Waals surface area contributed by atoms with Gasteiger partial charge in [0.2, 0.25) is 0 Å². The fourth-order valence-electron chi connectivity index (χ4n) is 1.71. The van der Waals surface area contributed by atoms with Crippen molar-refractivity contribution in [2.24, 2.45) is 0 Å². The highest BCUT2D eigenvalue weighted by Crippen LogP contribution is 2.27. The van der Waals surface area contributed by atoms with Crippen molar-refractivity contribution < 1.29 is 14.3 Å². The molecular formula is C12H15BrFNO2. The van der Waals surface area contributed by atoms with Crippen molar-refractivity contribution in [3.05, 3.63) is 34.1 Å². The molecule has 0 fully saturated rings. The minimum Gasteiger partial charge on any atom is -0.480 e. The number of rotatable bonds is 4. The Morgan fingerprint density at radius 2 is 2.12 bits per heavy atom. The van der Waals surface area contributed by atoms with Crippen molar-refractivity contribution in [3.63, 3.8) is 0 Å². The number of benzene rings is 1. The van der Waals surface area contributed by atoms with Crippen LogP contribution in [0.25, 0.3) is 0 Å². The molecule has 0 aromatic heterocycles. The maximum absolute atomic E-state index is 13.8. The molecule has 0 bridgehead atoms. The second-order valence-electron chi connectivity index (χ2n) is 4.35. The fourth-order valence-corrected chi connectivity index (χ4v) is 2.07. The lowest BCUT2D eigenvalue weighted by atomic mass is 9.91. The highest BCUT2D eigenvalue weighted by molar-refractivity contribution is 9.10. The second kappa shape index (κ2) is 5.14. The van der Waals surface area contributed by atoms with Gasteiger partial charge in [0, 0.05) is 16.1 Å². The summed E-state index contributed by atoms with van der Waals surface area (Å²) in [5, 5.41) is 12.2. The Labute approximate surface area is 108 Å². The van der Waals surface area contributed by atoms with Crippen LogP contribution in [0.5, 0.6) is 0 Å². The van der Waals surface area contributed by atoms with E-state index in [9.17, 15) is 14.3 Å². The van der Waals surface area contributed by atoms with Crippen molar-refractivity contribution in [2.75, 3.05) is 0 Å². The molecule has 17 heavy (non-hydrogen) atoms. The molecule has 0 aliphatic rings. The molecule has 1 rings (SSSR count). The first-order chi connectivity index (χ1) is 7.77. The first-order valence-electron chi connectivity index (χ1n) is 5.24. The number of aliphatic carboxylic acids is 1. The first kappa shape index (κ1) is 14.1. The van der Waals surface area contributed by atoms with E-state index >= 15 is 0 Å². The van der Waals surface area contributed by atoms with Gasteiger partial charge in [0.15, 0.2) is 0 Å². The largest absolute Gasteiger partial charge is 0.480 e. The molecule has 0 spiro atoms. The zero-order valence-corrected chi connectivity index (χ0v) is 11.5. The summed E-state index contributed by atoms with van der Waals surface area (Å²) in [6.07, 6.45) is 0. The second-order valence-corrected chi connectivity index (χ2v) is 5.27. The van der Waals surface area contributed by atoms with Gasteiger partial charge in [-0.2, -0.15) is 0 Å². The summed E-state index contributed by atoms with van der Waals surface area (Å²) >= 11 is 3.22. The molecule has 0 saturated carbocycles. The van der Waals surface area contributed by atoms with Crippen molar-refractivity contribution in [1.29, 1.82) is 0 Å². The molecule has 3 nitrogen and oxygen atoms in total. The summed E-state index contributed by atoms with van der Waals surface area (Å²) in [6, 6.07) is 4.20. The Morgan fingerprint density at radius 1 is 1.53 bits per heavy atom. The van der Waals surface area contributed by atoms with Crippen LogP contribution < -0.4 is 5.32 Å². The van der Waals surface area contributed by atoms with Gasteiger partial charge in [0.1, 0.15) is 11.4 Å². The SMILES string of the molecule is CC(C)NC(C)(C(=O)O)c1cc(Br)ccc1F. The predicted octanol–water partition coefficient (Wildman–Crippen LogP) is 2.89. The lowest BCUT2D eigenvalue weighted by Gasteiger charge is -2.29. The van der Waals surface area contributed by atoms with E-state index in [1.807, 2.05) is 13.8 Å². The molecule has 0 saturated heterocycles. The van der Waals surface area contributed by atoms with Crippen LogP contribution in [0, 0.1) is 5.82 Å². The van der Waals surface area contributed by atoms with E-state index in [0.717, 1.165) is 0 Å². The topological polar surface area (TPSA) is 49.3 Å². The fraction of sp³-hybridized carbons (Fsp3) is 0.417. The van der Waals surface area contributed by atoms with Crippen LogP contribution in [0.3, 0.4) is 0 Å². The highest BCUT2D eigenvalue weighted by Gasteiger charge is 2.37. The maximum Gasteiger partial charge on any atom is 0.328 e. The van der Waals surface area contributed by atoms with Gasteiger partial charge in [0.05, 0.1) is 0 Å². The van der Waals surface area contributed by atoms with Crippen molar-refractivity contribution in [1.82, 2.24) is 5.32 Å². The van der Waals surface area contributed by atoms with Crippen molar-refractivity contribution in [2.45, 2.75) is 32.4 Å². The Morgan fingerprint density at radius 3 is 2.59 bits per heavy atom. The maximum atomic E-state index is 13.8. The van der Waals surface area contributed by atoms with Crippen LogP contribution >= 0.6 is 15.9 Å². The molecule has 2 N–H and O–H groups in total. The van der Waals surface area contributed by atoms with Gasteiger partial charge >= 0.3 is 5.97 Å². The van der Waals surface area contributed by atoms with Gasteiger partial charge in [-0.15, -0.1) is 0 Å². The quantitative estimate of drug-likeness (QED) is 0.899. The summed E-state index contributed by atoms with van der Waals surface area (Å²) in [7, 11) is 0. The van der Waals surface area contributed by atoms with Gasteiger partial charge in [-0.3, -0.25) is 5.32 Å². The first-order valence-corrected chi connectivity index (χ1v) is 6.03. The number of hydrogen-bond acceptors (Lipinski definition) is 2. The number of carboxylic acids is 1. The monoisotopic (exact) mass is 303 g/mol. The molecule has 0 aliphatic heterocycles. The van der Waals surface area contributed by atoms with Gasteiger partial charge in [-0.05, 0) is 39.0 Å². The smallest absolute Gasteiger partial charge is 0.328 e. The zero-order valence-electron chi connectivity index (χ0n) is 9.92. The number of halogens is 2. The van der Waals surface area contributed by atoms with Gasteiger partial charge in [-0.1, -0.05) is 15.9 Å². The number of carbonyl (C=O) groups is 1. The van der Waals surface area contributed by atoms with Gasteiger partial charge < -0.3 is 5.11 Å². The summed E-state index contributed by atoms with van der Waals surface area (Å²) in [4.78, 5) is 11.4. The average Bonchev–Trinajstić information content (AvgIpc) is 2.20. The third-order valence-corrected chi connectivity index (χ3v) is 2.97. The molecule has 1 aromatic carbocycles. The van der Waals surface area contributed by atoms with E-state index in [2.05, 4.69) is 21.2 Å². The highest BCUT2D eigenvalue weighted by atomic mass is 79.9. The van der Waals surface area contributed by atoms with Crippen LogP contribution in [-0.4, -0.2) is 17.1 Å². The van der Waals surface area contributed by atoms with E-state index in [0.29, 0.717) is 4.47 Å². The number of nitrogens with one attached hydrogen (secondary N) is 1. The lowest BCUT2D eigenvalue weighted by molar-refractivity contribution is -0.145. The normalized spacial score (nSPS) is 14.7. The lowest BCUT2D eigenvalue weighted by Crippen LogP contribution is -2.50. The third kappa shape index (κ3) is 3.04. The molecule has 1 unspecified atom stereocenters. The summed E-state index contributed by atoms with van der Waals surface area (Å²) in [6.45, 7) is 5.09. The van der Waals surface area contributed by atoms with Crippen molar-refractivity contribution >= 4 is 21.9 Å². The Balaban J connectivity index is 3.31. The van der Waals surface area contributed by atoms with Gasteiger partial charge in [0.25, 0.3) is 0 Å². The minimum atomic E-state index is -1.44. The van der Waals surface area contributed by atoms with E-state index < -0.39 is 17.3 Å². The van der Waals surface area contributed by atoms with Crippen LogP contribution in [0.15, 0.2) is 22.7 Å². The van der Waals surface area contributed by atoms with Crippen molar-refractivity contribution in [3.8, 4) is 0 Å². The van der Waals surface area contributed by atoms with E-state index in [-0.39, 0.29) is 11.6 Å². The molecule has 0 amide bonds. The molecule has 1 atom stereocenters. The predicted molar refractivity (Wildman–Crippen MR) is 67.4 cm³/mol. The summed E-state index contributed by atoms with van der Waals surface area (Å²) in [5.41, 5.74) is -1.32. The molecular weight excluding hydrogens is 289 g/mol. The minimum absolute atomic E-state index is 0.0746. The molecule has 0 aliphatic carbocycles. The Hall–Kier alpha value is -0.940.